The van der Waals surface area contributed by atoms with Crippen LogP contribution in [0.2, 0.25) is 0 Å². The Morgan fingerprint density at radius 3 is 2.00 bits per heavy atom. The number of halogens is 1. The maximum Gasteiger partial charge on any atom is 0.0474 e. The molecule has 2 heteroatoms. The van der Waals surface area contributed by atoms with Gasteiger partial charge in [-0.05, 0) is 5.56 Å². The van der Waals surface area contributed by atoms with Crippen LogP contribution in [0.4, 0.5) is 0 Å². The van der Waals surface area contributed by atoms with Crippen molar-refractivity contribution in [3.63, 3.8) is 0 Å². The van der Waals surface area contributed by atoms with E-state index in [9.17, 15) is 0 Å². The van der Waals surface area contributed by atoms with Crippen LogP contribution in [-0.2, 0) is 25.4 Å². The molecule has 0 aliphatic rings. The van der Waals surface area contributed by atoms with Gasteiger partial charge in [0.15, 0.2) is 0 Å². The molecule has 9 heavy (non-hydrogen) atoms. The maximum absolute atomic E-state index is 5.53. The van der Waals surface area contributed by atoms with Gasteiger partial charge in [-0.3, -0.25) is 0 Å². The Balaban J connectivity index is 0.000000640. The first-order chi connectivity index (χ1) is 3.93. The van der Waals surface area contributed by atoms with Crippen molar-refractivity contribution in [3.8, 4) is 0 Å². The molecule has 0 bridgehead atoms. The SMILES string of the molecule is ClCc1ccccc1.[Zn]. The Hall–Kier alpha value is 0.133. The molecule has 0 saturated heterocycles. The molecule has 0 aliphatic carbocycles. The molecule has 0 unspecified atom stereocenters. The second-order valence-electron chi connectivity index (χ2n) is 1.62. The third-order valence-electron chi connectivity index (χ3n) is 0.997. The summed E-state index contributed by atoms with van der Waals surface area (Å²) in [5, 5.41) is 0. The van der Waals surface area contributed by atoms with Crippen molar-refractivity contribution < 1.29 is 19.5 Å². The summed E-state index contributed by atoms with van der Waals surface area (Å²) in [4.78, 5) is 0. The first kappa shape index (κ1) is 9.13. The fourth-order valence-corrected chi connectivity index (χ4v) is 0.745. The molecule has 0 aromatic heterocycles. The minimum absolute atomic E-state index is 0. The molecule has 0 nitrogen and oxygen atoms in total. The van der Waals surface area contributed by atoms with E-state index in [0.29, 0.717) is 5.88 Å². The quantitative estimate of drug-likeness (QED) is 0.473. The van der Waals surface area contributed by atoms with Gasteiger partial charge in [-0.1, -0.05) is 30.3 Å². The molecule has 44 valence electrons. The largest absolute Gasteiger partial charge is 0.122 e. The van der Waals surface area contributed by atoms with Crippen LogP contribution < -0.4 is 0 Å². The molecular weight excluding hydrogens is 185 g/mol. The Morgan fingerprint density at radius 1 is 1.11 bits per heavy atom. The van der Waals surface area contributed by atoms with Crippen molar-refractivity contribution in [2.45, 2.75) is 5.88 Å². The van der Waals surface area contributed by atoms with Crippen molar-refractivity contribution >= 4 is 11.6 Å². The summed E-state index contributed by atoms with van der Waals surface area (Å²) >= 11 is 5.53. The number of hydrogen-bond donors (Lipinski definition) is 0. The van der Waals surface area contributed by atoms with Gasteiger partial charge < -0.3 is 0 Å². The summed E-state index contributed by atoms with van der Waals surface area (Å²) in [7, 11) is 0. The van der Waals surface area contributed by atoms with Crippen molar-refractivity contribution in [1.29, 1.82) is 0 Å². The van der Waals surface area contributed by atoms with E-state index in [1.54, 1.807) is 0 Å². The van der Waals surface area contributed by atoms with Gasteiger partial charge in [0.2, 0.25) is 0 Å². The number of alkyl halides is 1. The van der Waals surface area contributed by atoms with Gasteiger partial charge in [0.05, 0.1) is 0 Å². The molecule has 1 aromatic rings. The summed E-state index contributed by atoms with van der Waals surface area (Å²) < 4.78 is 0. The van der Waals surface area contributed by atoms with E-state index >= 15 is 0 Å². The fourth-order valence-electron chi connectivity index (χ4n) is 0.567. The Morgan fingerprint density at radius 2 is 1.67 bits per heavy atom. The van der Waals surface area contributed by atoms with Crippen LogP contribution in [0.15, 0.2) is 30.3 Å². The molecule has 0 radical (unpaired) electrons. The van der Waals surface area contributed by atoms with Crippen molar-refractivity contribution in [2.75, 3.05) is 0 Å². The van der Waals surface area contributed by atoms with E-state index in [-0.39, 0.29) is 19.5 Å². The maximum atomic E-state index is 5.53. The molecule has 0 atom stereocenters. The van der Waals surface area contributed by atoms with Gasteiger partial charge in [-0.25, -0.2) is 0 Å². The molecule has 0 saturated carbocycles. The number of benzene rings is 1. The van der Waals surface area contributed by atoms with Gasteiger partial charge in [-0.15, -0.1) is 11.6 Å². The fraction of sp³-hybridized carbons (Fsp3) is 0.143. The third-order valence-corrected chi connectivity index (χ3v) is 1.31. The van der Waals surface area contributed by atoms with E-state index < -0.39 is 0 Å². The second kappa shape index (κ2) is 4.96. The molecule has 0 amide bonds. The average Bonchev–Trinajstić information content (AvgIpc) is 1.90. The smallest absolute Gasteiger partial charge is 0.0474 e. The topological polar surface area (TPSA) is 0 Å². The van der Waals surface area contributed by atoms with E-state index in [4.69, 9.17) is 11.6 Å². The molecular formula is C7H7ClZn. The Kier molecular flexibility index (Phi) is 5.03. The average molecular weight is 192 g/mol. The van der Waals surface area contributed by atoms with Crippen LogP contribution >= 0.6 is 11.6 Å². The molecule has 0 aliphatic heterocycles. The normalized spacial score (nSPS) is 8.11. The molecule has 0 spiro atoms. The van der Waals surface area contributed by atoms with Crippen molar-refractivity contribution in [1.82, 2.24) is 0 Å². The molecule has 0 heterocycles. The van der Waals surface area contributed by atoms with Gasteiger partial charge in [0.1, 0.15) is 0 Å². The van der Waals surface area contributed by atoms with Crippen LogP contribution in [-0.4, -0.2) is 0 Å². The number of hydrogen-bond acceptors (Lipinski definition) is 0. The number of rotatable bonds is 1. The van der Waals surface area contributed by atoms with Crippen molar-refractivity contribution in [2.24, 2.45) is 0 Å². The molecule has 1 rings (SSSR count). The first-order valence-electron chi connectivity index (χ1n) is 2.53. The second-order valence-corrected chi connectivity index (χ2v) is 1.89. The minimum Gasteiger partial charge on any atom is -0.122 e. The zero-order valence-electron chi connectivity index (χ0n) is 5.18. The monoisotopic (exact) mass is 190 g/mol. The Bertz CT molecular complexity index is 150. The standard InChI is InChI=1S/C7H7Cl.Zn/c8-6-7-4-2-1-3-5-7;/h1-5H,6H2;. The van der Waals surface area contributed by atoms with Crippen LogP contribution in [0.5, 0.6) is 0 Å². The van der Waals surface area contributed by atoms with E-state index in [1.807, 2.05) is 30.3 Å². The third kappa shape index (κ3) is 2.98. The zero-order valence-corrected chi connectivity index (χ0v) is 8.90. The van der Waals surface area contributed by atoms with Gasteiger partial charge >= 0.3 is 0 Å². The summed E-state index contributed by atoms with van der Waals surface area (Å²) in [5.41, 5.74) is 1.18. The van der Waals surface area contributed by atoms with E-state index in [1.165, 1.54) is 5.56 Å². The van der Waals surface area contributed by atoms with Crippen LogP contribution in [0.1, 0.15) is 5.56 Å². The van der Waals surface area contributed by atoms with Gasteiger partial charge in [0.25, 0.3) is 0 Å². The summed E-state index contributed by atoms with van der Waals surface area (Å²) in [6.45, 7) is 0. The zero-order chi connectivity index (χ0) is 5.82. The van der Waals surface area contributed by atoms with E-state index in [0.717, 1.165) is 0 Å². The van der Waals surface area contributed by atoms with Gasteiger partial charge in [-0.2, -0.15) is 0 Å². The predicted octanol–water partition coefficient (Wildman–Crippen LogP) is 2.42. The van der Waals surface area contributed by atoms with E-state index in [2.05, 4.69) is 0 Å². The van der Waals surface area contributed by atoms with Crippen LogP contribution in [0.25, 0.3) is 0 Å². The Labute approximate surface area is 73.0 Å². The minimum atomic E-state index is 0. The molecule has 1 aromatic carbocycles. The molecule has 0 N–H and O–H groups in total. The van der Waals surface area contributed by atoms with Crippen LogP contribution in [0, 0.1) is 0 Å². The first-order valence-corrected chi connectivity index (χ1v) is 3.07. The summed E-state index contributed by atoms with van der Waals surface area (Å²) in [6, 6.07) is 9.96. The summed E-state index contributed by atoms with van der Waals surface area (Å²) in [5.74, 6) is 0.612. The van der Waals surface area contributed by atoms with Crippen molar-refractivity contribution in [3.05, 3.63) is 35.9 Å². The predicted molar refractivity (Wildman–Crippen MR) is 36.0 cm³/mol. The summed E-state index contributed by atoms with van der Waals surface area (Å²) in [6.07, 6.45) is 0. The molecule has 0 fully saturated rings. The van der Waals surface area contributed by atoms with Crippen LogP contribution in [0.3, 0.4) is 0 Å². The van der Waals surface area contributed by atoms with Gasteiger partial charge in [0, 0.05) is 25.4 Å².